The fourth-order valence-corrected chi connectivity index (χ4v) is 2.65. The van der Waals surface area contributed by atoms with Crippen LogP contribution >= 0.6 is 0 Å². The van der Waals surface area contributed by atoms with E-state index in [-0.39, 0.29) is 37.8 Å². The van der Waals surface area contributed by atoms with Crippen molar-refractivity contribution in [2.24, 2.45) is 11.8 Å². The number of carboxylic acids is 2. The van der Waals surface area contributed by atoms with Gasteiger partial charge in [0.1, 0.15) is 12.1 Å². The number of nitrogens with one attached hydrogen (secondary N) is 4. The summed E-state index contributed by atoms with van der Waals surface area (Å²) in [6.45, 7) is 7.38. The van der Waals surface area contributed by atoms with Crippen LogP contribution < -0.4 is 21.3 Å². The molecule has 0 bridgehead atoms. The highest BCUT2D eigenvalue weighted by molar-refractivity contribution is 6.35. The van der Waals surface area contributed by atoms with E-state index in [9.17, 15) is 28.8 Å². The Morgan fingerprint density at radius 1 is 0.594 bits per heavy atom. The fraction of sp³-hybridized carbons (Fsp3) is 0.700. The van der Waals surface area contributed by atoms with E-state index < -0.39 is 47.7 Å². The molecule has 0 spiro atoms. The van der Waals surface area contributed by atoms with Crippen molar-refractivity contribution in [3.8, 4) is 0 Å². The Hall–Kier alpha value is -3.18. The third-order valence-corrected chi connectivity index (χ3v) is 4.21. The van der Waals surface area contributed by atoms with Crippen molar-refractivity contribution in [1.29, 1.82) is 0 Å². The molecule has 32 heavy (non-hydrogen) atoms. The Kier molecular flexibility index (Phi) is 13.3. The van der Waals surface area contributed by atoms with Crippen molar-refractivity contribution in [3.05, 3.63) is 0 Å². The van der Waals surface area contributed by atoms with Gasteiger partial charge in [-0.1, -0.05) is 27.7 Å². The predicted octanol–water partition coefficient (Wildman–Crippen LogP) is -0.770. The SMILES string of the molecule is CC(C)CC(NC(=O)C(=O)NCCCCNC(=O)C(=O)NC(CC(C)C)C(=O)O)C(=O)O. The van der Waals surface area contributed by atoms with Gasteiger partial charge in [0.15, 0.2) is 0 Å². The minimum absolute atomic E-state index is 0.0157. The molecule has 12 heteroatoms. The van der Waals surface area contributed by atoms with Gasteiger partial charge in [-0.3, -0.25) is 19.2 Å². The van der Waals surface area contributed by atoms with Crippen molar-refractivity contribution in [2.45, 2.75) is 65.5 Å². The third kappa shape index (κ3) is 12.5. The summed E-state index contributed by atoms with van der Waals surface area (Å²) in [7, 11) is 0. The van der Waals surface area contributed by atoms with Crippen LogP contribution in [0.25, 0.3) is 0 Å². The highest BCUT2D eigenvalue weighted by atomic mass is 16.4. The Balaban J connectivity index is 4.20. The molecule has 0 aliphatic carbocycles. The first-order valence-corrected chi connectivity index (χ1v) is 10.5. The van der Waals surface area contributed by atoms with Crippen LogP contribution in [-0.2, 0) is 28.8 Å². The van der Waals surface area contributed by atoms with E-state index in [0.29, 0.717) is 12.8 Å². The molecule has 2 unspecified atom stereocenters. The van der Waals surface area contributed by atoms with Crippen LogP contribution in [0.4, 0.5) is 0 Å². The quantitative estimate of drug-likeness (QED) is 0.153. The largest absolute Gasteiger partial charge is 0.480 e. The van der Waals surface area contributed by atoms with Crippen LogP contribution in [0, 0.1) is 11.8 Å². The van der Waals surface area contributed by atoms with Crippen molar-refractivity contribution >= 4 is 35.6 Å². The maximum atomic E-state index is 11.8. The lowest BCUT2D eigenvalue weighted by molar-refractivity contribution is -0.145. The van der Waals surface area contributed by atoms with Crippen molar-refractivity contribution in [3.63, 3.8) is 0 Å². The Morgan fingerprint density at radius 2 is 0.906 bits per heavy atom. The van der Waals surface area contributed by atoms with Crippen LogP contribution in [0.5, 0.6) is 0 Å². The normalized spacial score (nSPS) is 12.6. The van der Waals surface area contributed by atoms with E-state index in [1.54, 1.807) is 27.7 Å². The van der Waals surface area contributed by atoms with Crippen LogP contribution in [-0.4, -0.2) is 71.0 Å². The number of carbonyl (C=O) groups excluding carboxylic acids is 4. The summed E-state index contributed by atoms with van der Waals surface area (Å²) in [4.78, 5) is 69.4. The average Bonchev–Trinajstić information content (AvgIpc) is 2.67. The minimum atomic E-state index is -1.22. The number of amides is 4. The first-order chi connectivity index (χ1) is 14.8. The van der Waals surface area contributed by atoms with E-state index in [0.717, 1.165) is 0 Å². The number of aliphatic carboxylic acids is 2. The zero-order valence-electron chi connectivity index (χ0n) is 18.9. The molecule has 0 aliphatic heterocycles. The van der Waals surface area contributed by atoms with Gasteiger partial charge in [0, 0.05) is 13.1 Å². The number of unbranched alkanes of at least 4 members (excludes halogenated alkanes) is 1. The number of carbonyl (C=O) groups is 6. The van der Waals surface area contributed by atoms with E-state index in [4.69, 9.17) is 10.2 Å². The zero-order chi connectivity index (χ0) is 24.8. The molecule has 0 heterocycles. The smallest absolute Gasteiger partial charge is 0.326 e. The zero-order valence-corrected chi connectivity index (χ0v) is 18.9. The average molecular weight is 459 g/mol. The minimum Gasteiger partial charge on any atom is -0.480 e. The maximum absolute atomic E-state index is 11.8. The predicted molar refractivity (Wildman–Crippen MR) is 113 cm³/mol. The molecule has 0 saturated heterocycles. The number of rotatable bonds is 13. The third-order valence-electron chi connectivity index (χ3n) is 4.21. The van der Waals surface area contributed by atoms with Gasteiger partial charge in [-0.25, -0.2) is 9.59 Å². The maximum Gasteiger partial charge on any atom is 0.326 e. The molecule has 0 aromatic rings. The van der Waals surface area contributed by atoms with Crippen molar-refractivity contribution < 1.29 is 39.0 Å². The molecule has 12 nitrogen and oxygen atoms in total. The van der Waals surface area contributed by atoms with Gasteiger partial charge in [-0.2, -0.15) is 0 Å². The van der Waals surface area contributed by atoms with Crippen molar-refractivity contribution in [2.75, 3.05) is 13.1 Å². The topological polar surface area (TPSA) is 191 Å². The van der Waals surface area contributed by atoms with Crippen LogP contribution in [0.3, 0.4) is 0 Å². The lowest BCUT2D eigenvalue weighted by atomic mass is 10.0. The highest BCUT2D eigenvalue weighted by Crippen LogP contribution is 2.05. The molecule has 0 fully saturated rings. The molecule has 0 aromatic heterocycles. The lowest BCUT2D eigenvalue weighted by Gasteiger charge is -2.16. The number of hydrogen-bond donors (Lipinski definition) is 6. The van der Waals surface area contributed by atoms with Crippen molar-refractivity contribution in [1.82, 2.24) is 21.3 Å². The molecule has 4 amide bonds. The summed E-state index contributed by atoms with van der Waals surface area (Å²) >= 11 is 0. The molecule has 0 rings (SSSR count). The van der Waals surface area contributed by atoms with Gasteiger partial charge in [-0.15, -0.1) is 0 Å². The van der Waals surface area contributed by atoms with E-state index in [2.05, 4.69) is 21.3 Å². The molecule has 2 atom stereocenters. The van der Waals surface area contributed by atoms with Gasteiger partial charge in [0.05, 0.1) is 0 Å². The fourth-order valence-electron chi connectivity index (χ4n) is 2.65. The van der Waals surface area contributed by atoms with E-state index in [1.165, 1.54) is 0 Å². The molecule has 182 valence electrons. The van der Waals surface area contributed by atoms with Crippen LogP contribution in [0.1, 0.15) is 53.4 Å². The summed E-state index contributed by atoms with van der Waals surface area (Å²) in [5.74, 6) is -6.43. The molecular weight excluding hydrogens is 424 g/mol. The highest BCUT2D eigenvalue weighted by Gasteiger charge is 2.25. The Morgan fingerprint density at radius 3 is 1.16 bits per heavy atom. The summed E-state index contributed by atoms with van der Waals surface area (Å²) in [6, 6.07) is -2.31. The van der Waals surface area contributed by atoms with Gasteiger partial charge < -0.3 is 31.5 Å². The Bertz CT molecular complexity index is 635. The number of carboxylic acid groups (broad SMARTS) is 2. The first-order valence-electron chi connectivity index (χ1n) is 10.5. The molecule has 6 N–H and O–H groups in total. The van der Waals surface area contributed by atoms with E-state index >= 15 is 0 Å². The monoisotopic (exact) mass is 458 g/mol. The molecule has 0 aliphatic rings. The Labute approximate surface area is 186 Å². The standard InChI is InChI=1S/C20H34N4O8/c1-11(2)9-13(19(29)30)23-17(27)15(25)21-7-5-6-8-22-16(26)18(28)24-14(20(31)32)10-12(3)4/h11-14H,5-10H2,1-4H3,(H,21,25)(H,22,26)(H,23,27)(H,24,28)(H,29,30)(H,31,32). The second kappa shape index (κ2) is 14.8. The molecule has 0 aromatic carbocycles. The summed E-state index contributed by atoms with van der Waals surface area (Å²) < 4.78 is 0. The van der Waals surface area contributed by atoms with E-state index in [1.807, 2.05) is 0 Å². The van der Waals surface area contributed by atoms with Gasteiger partial charge in [0.25, 0.3) is 0 Å². The van der Waals surface area contributed by atoms with Crippen LogP contribution in [0.2, 0.25) is 0 Å². The van der Waals surface area contributed by atoms with Gasteiger partial charge >= 0.3 is 35.6 Å². The summed E-state index contributed by atoms with van der Waals surface area (Å²) in [5.41, 5.74) is 0. The van der Waals surface area contributed by atoms with Gasteiger partial charge in [0.2, 0.25) is 0 Å². The molecular formula is C20H34N4O8. The summed E-state index contributed by atoms with van der Waals surface area (Å²) in [5, 5.41) is 27.2. The second-order valence-corrected chi connectivity index (χ2v) is 8.21. The number of hydrogen-bond acceptors (Lipinski definition) is 6. The second-order valence-electron chi connectivity index (χ2n) is 8.21. The molecule has 0 radical (unpaired) electrons. The van der Waals surface area contributed by atoms with Gasteiger partial charge in [-0.05, 0) is 37.5 Å². The lowest BCUT2D eigenvalue weighted by Crippen LogP contribution is -2.48. The van der Waals surface area contributed by atoms with Crippen LogP contribution in [0.15, 0.2) is 0 Å². The molecule has 0 saturated carbocycles. The summed E-state index contributed by atoms with van der Waals surface area (Å²) in [6.07, 6.45) is 1.12. The first kappa shape index (κ1) is 28.8.